The van der Waals surface area contributed by atoms with Crippen LogP contribution in [0.4, 0.5) is 5.69 Å². The fraction of sp³-hybridized carbons (Fsp3) is 0.455. The highest BCUT2D eigenvalue weighted by Gasteiger charge is 2.09. The summed E-state index contributed by atoms with van der Waals surface area (Å²) in [5.41, 5.74) is 7.08. The molecule has 0 fully saturated rings. The van der Waals surface area contributed by atoms with E-state index in [1.807, 2.05) is 6.07 Å². The highest BCUT2D eigenvalue weighted by Crippen LogP contribution is 2.28. The van der Waals surface area contributed by atoms with E-state index >= 15 is 0 Å². The van der Waals surface area contributed by atoms with Gasteiger partial charge in [-0.15, -0.1) is 0 Å². The van der Waals surface area contributed by atoms with Gasteiger partial charge in [0.1, 0.15) is 5.75 Å². The topological polar surface area (TPSA) is 66.5 Å². The SMILES string of the molecule is CCC(CCO)c1ccc(O)c(N)c1. The summed E-state index contributed by atoms with van der Waals surface area (Å²) < 4.78 is 0. The van der Waals surface area contributed by atoms with Crippen LogP contribution in [0.1, 0.15) is 31.2 Å². The summed E-state index contributed by atoms with van der Waals surface area (Å²) in [5.74, 6) is 0.440. The minimum Gasteiger partial charge on any atom is -0.506 e. The fourth-order valence-electron chi connectivity index (χ4n) is 1.59. The van der Waals surface area contributed by atoms with Crippen LogP contribution in [0.15, 0.2) is 18.2 Å². The van der Waals surface area contributed by atoms with Gasteiger partial charge >= 0.3 is 0 Å². The number of nitrogen functional groups attached to an aromatic ring is 1. The molecule has 0 bridgehead atoms. The van der Waals surface area contributed by atoms with Gasteiger partial charge in [0.15, 0.2) is 0 Å². The van der Waals surface area contributed by atoms with Crippen molar-refractivity contribution in [1.29, 1.82) is 0 Å². The summed E-state index contributed by atoms with van der Waals surface area (Å²) in [5, 5.41) is 18.1. The van der Waals surface area contributed by atoms with E-state index < -0.39 is 0 Å². The molecule has 0 spiro atoms. The van der Waals surface area contributed by atoms with Crippen LogP contribution in [0, 0.1) is 0 Å². The van der Waals surface area contributed by atoms with E-state index in [1.54, 1.807) is 12.1 Å². The molecular weight excluding hydrogens is 178 g/mol. The largest absolute Gasteiger partial charge is 0.506 e. The highest BCUT2D eigenvalue weighted by molar-refractivity contribution is 5.53. The van der Waals surface area contributed by atoms with Crippen LogP contribution in [-0.2, 0) is 0 Å². The van der Waals surface area contributed by atoms with Crippen LogP contribution in [0.25, 0.3) is 0 Å². The summed E-state index contributed by atoms with van der Waals surface area (Å²) in [6.45, 7) is 2.25. The normalized spacial score (nSPS) is 12.7. The molecule has 4 N–H and O–H groups in total. The standard InChI is InChI=1S/C11H17NO2/c1-2-8(5-6-13)9-3-4-11(14)10(12)7-9/h3-4,7-8,13-14H,2,5-6,12H2,1H3. The highest BCUT2D eigenvalue weighted by atomic mass is 16.3. The van der Waals surface area contributed by atoms with Gasteiger partial charge in [-0.05, 0) is 36.5 Å². The van der Waals surface area contributed by atoms with Gasteiger partial charge in [0, 0.05) is 6.61 Å². The first-order chi connectivity index (χ1) is 6.69. The van der Waals surface area contributed by atoms with E-state index in [9.17, 15) is 5.11 Å². The zero-order chi connectivity index (χ0) is 10.6. The third kappa shape index (κ3) is 2.39. The molecule has 1 rings (SSSR count). The second-order valence-corrected chi connectivity index (χ2v) is 3.44. The molecule has 1 unspecified atom stereocenters. The Labute approximate surface area is 84.2 Å². The van der Waals surface area contributed by atoms with Gasteiger partial charge in [0.05, 0.1) is 5.69 Å². The Hall–Kier alpha value is -1.22. The average Bonchev–Trinajstić information content (AvgIpc) is 2.19. The summed E-state index contributed by atoms with van der Waals surface area (Å²) in [6, 6.07) is 5.24. The molecule has 3 nitrogen and oxygen atoms in total. The van der Waals surface area contributed by atoms with Gasteiger partial charge < -0.3 is 15.9 Å². The molecule has 0 aliphatic rings. The zero-order valence-electron chi connectivity index (χ0n) is 8.40. The van der Waals surface area contributed by atoms with E-state index in [0.717, 1.165) is 18.4 Å². The van der Waals surface area contributed by atoms with E-state index in [-0.39, 0.29) is 12.4 Å². The Morgan fingerprint density at radius 1 is 1.43 bits per heavy atom. The third-order valence-corrected chi connectivity index (χ3v) is 2.49. The first-order valence-corrected chi connectivity index (χ1v) is 4.88. The number of aromatic hydroxyl groups is 1. The molecule has 0 aliphatic heterocycles. The number of anilines is 1. The molecular formula is C11H17NO2. The van der Waals surface area contributed by atoms with Gasteiger partial charge in [-0.1, -0.05) is 13.0 Å². The van der Waals surface area contributed by atoms with Gasteiger partial charge in [-0.25, -0.2) is 0 Å². The molecule has 0 saturated heterocycles. The van der Waals surface area contributed by atoms with Crippen molar-refractivity contribution < 1.29 is 10.2 Å². The Kier molecular flexibility index (Phi) is 3.77. The monoisotopic (exact) mass is 195 g/mol. The zero-order valence-corrected chi connectivity index (χ0v) is 8.40. The number of hydrogen-bond acceptors (Lipinski definition) is 3. The van der Waals surface area contributed by atoms with Gasteiger partial charge in [-0.2, -0.15) is 0 Å². The molecule has 0 aliphatic carbocycles. The summed E-state index contributed by atoms with van der Waals surface area (Å²) in [4.78, 5) is 0. The van der Waals surface area contributed by atoms with Crippen molar-refractivity contribution in [3.63, 3.8) is 0 Å². The Morgan fingerprint density at radius 2 is 2.14 bits per heavy atom. The quantitative estimate of drug-likeness (QED) is 0.507. The lowest BCUT2D eigenvalue weighted by Gasteiger charge is -2.14. The lowest BCUT2D eigenvalue weighted by Crippen LogP contribution is -2.01. The maximum Gasteiger partial charge on any atom is 0.138 e. The number of benzene rings is 1. The van der Waals surface area contributed by atoms with Crippen molar-refractivity contribution in [2.24, 2.45) is 0 Å². The maximum absolute atomic E-state index is 9.25. The van der Waals surface area contributed by atoms with Crippen LogP contribution in [0.5, 0.6) is 5.75 Å². The molecule has 1 aromatic carbocycles. The number of hydrogen-bond donors (Lipinski definition) is 3. The molecule has 0 saturated carbocycles. The van der Waals surface area contributed by atoms with Gasteiger partial charge in [0.2, 0.25) is 0 Å². The molecule has 0 aromatic heterocycles. The Balaban J connectivity index is 2.88. The van der Waals surface area contributed by atoms with E-state index in [4.69, 9.17) is 10.8 Å². The lowest BCUT2D eigenvalue weighted by molar-refractivity contribution is 0.274. The summed E-state index contributed by atoms with van der Waals surface area (Å²) >= 11 is 0. The number of aliphatic hydroxyl groups is 1. The third-order valence-electron chi connectivity index (χ3n) is 2.49. The minimum atomic E-state index is 0.118. The second-order valence-electron chi connectivity index (χ2n) is 3.44. The molecule has 1 aromatic rings. The molecule has 3 heteroatoms. The fourth-order valence-corrected chi connectivity index (χ4v) is 1.59. The number of phenols is 1. The second kappa shape index (κ2) is 4.86. The van der Waals surface area contributed by atoms with Crippen LogP contribution < -0.4 is 5.73 Å². The number of rotatable bonds is 4. The lowest BCUT2D eigenvalue weighted by atomic mass is 9.93. The number of nitrogens with two attached hydrogens (primary N) is 1. The van der Waals surface area contributed by atoms with E-state index in [1.165, 1.54) is 0 Å². The molecule has 0 amide bonds. The van der Waals surface area contributed by atoms with Crippen LogP contribution >= 0.6 is 0 Å². The van der Waals surface area contributed by atoms with E-state index in [2.05, 4.69) is 6.92 Å². The molecule has 14 heavy (non-hydrogen) atoms. The summed E-state index contributed by atoms with van der Waals surface area (Å²) in [7, 11) is 0. The van der Waals surface area contributed by atoms with Crippen molar-refractivity contribution in [1.82, 2.24) is 0 Å². The average molecular weight is 195 g/mol. The van der Waals surface area contributed by atoms with Crippen LogP contribution in [-0.4, -0.2) is 16.8 Å². The van der Waals surface area contributed by atoms with Crippen molar-refractivity contribution in [3.8, 4) is 5.75 Å². The molecule has 0 heterocycles. The van der Waals surface area contributed by atoms with Gasteiger partial charge in [-0.3, -0.25) is 0 Å². The maximum atomic E-state index is 9.25. The van der Waals surface area contributed by atoms with Crippen molar-refractivity contribution in [3.05, 3.63) is 23.8 Å². The number of aliphatic hydroxyl groups excluding tert-OH is 1. The van der Waals surface area contributed by atoms with Crippen molar-refractivity contribution in [2.75, 3.05) is 12.3 Å². The first-order valence-electron chi connectivity index (χ1n) is 4.88. The predicted octanol–water partition coefficient (Wildman–Crippen LogP) is 1.85. The van der Waals surface area contributed by atoms with Crippen LogP contribution in [0.3, 0.4) is 0 Å². The molecule has 78 valence electrons. The van der Waals surface area contributed by atoms with Crippen LogP contribution in [0.2, 0.25) is 0 Å². The van der Waals surface area contributed by atoms with Gasteiger partial charge in [0.25, 0.3) is 0 Å². The molecule has 1 atom stereocenters. The first kappa shape index (κ1) is 10.9. The minimum absolute atomic E-state index is 0.118. The van der Waals surface area contributed by atoms with Crippen molar-refractivity contribution >= 4 is 5.69 Å². The Morgan fingerprint density at radius 3 is 2.64 bits per heavy atom. The Bertz CT molecular complexity index is 299. The summed E-state index contributed by atoms with van der Waals surface area (Å²) in [6.07, 6.45) is 1.70. The van der Waals surface area contributed by atoms with Crippen molar-refractivity contribution in [2.45, 2.75) is 25.7 Å². The smallest absolute Gasteiger partial charge is 0.138 e. The number of phenolic OH excluding ortho intramolecular Hbond substituents is 1. The predicted molar refractivity (Wildman–Crippen MR) is 57.3 cm³/mol. The molecule has 0 radical (unpaired) electrons. The van der Waals surface area contributed by atoms with E-state index in [0.29, 0.717) is 11.6 Å².